The van der Waals surface area contributed by atoms with E-state index in [-0.39, 0.29) is 11.9 Å². The lowest BCUT2D eigenvalue weighted by Crippen LogP contribution is -2.66. The molecule has 2 saturated heterocycles. The van der Waals surface area contributed by atoms with E-state index in [1.165, 1.54) is 0 Å². The van der Waals surface area contributed by atoms with Gasteiger partial charge in [-0.2, -0.15) is 5.10 Å². The van der Waals surface area contributed by atoms with Crippen molar-refractivity contribution in [3.05, 3.63) is 54.1 Å². The summed E-state index contributed by atoms with van der Waals surface area (Å²) in [6.45, 7) is 4.41. The van der Waals surface area contributed by atoms with Crippen LogP contribution < -0.4 is 14.5 Å². The number of anilines is 2. The second kappa shape index (κ2) is 8.38. The first kappa shape index (κ1) is 21.2. The smallest absolute Gasteiger partial charge is 0.256 e. The Kier molecular flexibility index (Phi) is 5.39. The van der Waals surface area contributed by atoms with Crippen molar-refractivity contribution >= 4 is 17.5 Å². The lowest BCUT2D eigenvalue weighted by atomic mass is 9.81. The Bertz CT molecular complexity index is 1160. The van der Waals surface area contributed by atoms with Crippen molar-refractivity contribution in [3.8, 4) is 11.4 Å². The average Bonchev–Trinajstić information content (AvgIpc) is 3.33. The zero-order valence-electron chi connectivity index (χ0n) is 19.5. The molecule has 33 heavy (non-hydrogen) atoms. The van der Waals surface area contributed by atoms with E-state index >= 15 is 0 Å². The van der Waals surface area contributed by atoms with Crippen molar-refractivity contribution in [3.63, 3.8) is 0 Å². The molecule has 2 aliphatic rings. The van der Waals surface area contributed by atoms with Crippen molar-refractivity contribution in [2.24, 2.45) is 5.92 Å². The number of carbonyl (C=O) groups excluding carboxylic acids is 1. The van der Waals surface area contributed by atoms with E-state index in [1.54, 1.807) is 18.0 Å². The van der Waals surface area contributed by atoms with Gasteiger partial charge >= 0.3 is 0 Å². The monoisotopic (exact) mass is 447 g/mol. The fourth-order valence-electron chi connectivity index (χ4n) is 4.74. The lowest BCUT2D eigenvalue weighted by Gasteiger charge is -2.53. The maximum absolute atomic E-state index is 13.6. The number of ether oxygens (including phenoxy) is 1. The van der Waals surface area contributed by atoms with Crippen LogP contribution in [0.3, 0.4) is 0 Å². The maximum Gasteiger partial charge on any atom is 0.256 e. The Balaban J connectivity index is 1.39. The molecular weight excluding hydrogens is 418 g/mol. The molecule has 1 aromatic carbocycles. The second-order valence-electron chi connectivity index (χ2n) is 8.88. The van der Waals surface area contributed by atoms with Crippen LogP contribution in [0.5, 0.6) is 5.75 Å². The molecule has 3 aromatic rings. The van der Waals surface area contributed by atoms with E-state index in [2.05, 4.69) is 20.0 Å². The second-order valence-corrected chi connectivity index (χ2v) is 8.88. The van der Waals surface area contributed by atoms with E-state index in [1.807, 2.05) is 67.3 Å². The highest BCUT2D eigenvalue weighted by Crippen LogP contribution is 2.36. The summed E-state index contributed by atoms with van der Waals surface area (Å²) in [5.74, 6) is 3.81. The first-order valence-electron chi connectivity index (χ1n) is 11.2. The topological polar surface area (TPSA) is 79.6 Å². The van der Waals surface area contributed by atoms with Gasteiger partial charge in [-0.15, -0.1) is 0 Å². The SMILES string of the molecule is COc1ccc(C(=O)N2C[C@H]3CCN(c4cc(N(C)C)nc(C)n4)C[C@H]32)c(-n2cccn2)c1. The van der Waals surface area contributed by atoms with Crippen molar-refractivity contribution in [1.29, 1.82) is 0 Å². The normalized spacial score (nSPS) is 19.6. The minimum atomic E-state index is 0.0269. The number of piperidine rings is 1. The van der Waals surface area contributed by atoms with Gasteiger partial charge in [-0.25, -0.2) is 14.6 Å². The number of fused-ring (bicyclic) bond motifs is 1. The van der Waals surface area contributed by atoms with Gasteiger partial charge in [0.2, 0.25) is 0 Å². The van der Waals surface area contributed by atoms with E-state index in [0.717, 1.165) is 49.2 Å². The fraction of sp³-hybridized carbons (Fsp3) is 0.417. The summed E-state index contributed by atoms with van der Waals surface area (Å²) in [7, 11) is 5.59. The van der Waals surface area contributed by atoms with Gasteiger partial charge in [-0.05, 0) is 31.5 Å². The first-order valence-corrected chi connectivity index (χ1v) is 11.2. The summed E-state index contributed by atoms with van der Waals surface area (Å²) in [5.41, 5.74) is 1.35. The number of hydrogen-bond donors (Lipinski definition) is 0. The summed E-state index contributed by atoms with van der Waals surface area (Å²) in [6, 6.07) is 9.56. The highest BCUT2D eigenvalue weighted by Gasteiger charge is 2.46. The van der Waals surface area contributed by atoms with Crippen LogP contribution in [0.4, 0.5) is 11.6 Å². The molecule has 1 amide bonds. The zero-order valence-corrected chi connectivity index (χ0v) is 19.5. The van der Waals surface area contributed by atoms with Crippen molar-refractivity contribution < 1.29 is 9.53 Å². The number of methoxy groups -OCH3 is 1. The third-order valence-corrected chi connectivity index (χ3v) is 6.59. The number of benzene rings is 1. The molecule has 2 fully saturated rings. The minimum absolute atomic E-state index is 0.0269. The summed E-state index contributed by atoms with van der Waals surface area (Å²) in [4.78, 5) is 29.1. The predicted molar refractivity (Wildman–Crippen MR) is 126 cm³/mol. The Morgan fingerprint density at radius 2 is 2.03 bits per heavy atom. The number of aromatic nitrogens is 4. The van der Waals surface area contributed by atoms with E-state index in [0.29, 0.717) is 17.2 Å². The predicted octanol–water partition coefficient (Wildman–Crippen LogP) is 2.40. The quantitative estimate of drug-likeness (QED) is 0.594. The number of hydrogen-bond acceptors (Lipinski definition) is 7. The van der Waals surface area contributed by atoms with Crippen molar-refractivity contribution in [2.75, 3.05) is 50.6 Å². The van der Waals surface area contributed by atoms with Crippen LogP contribution in [0.25, 0.3) is 5.69 Å². The maximum atomic E-state index is 13.6. The molecule has 9 nitrogen and oxygen atoms in total. The highest BCUT2D eigenvalue weighted by molar-refractivity contribution is 5.98. The Hall–Kier alpha value is -3.62. The number of rotatable bonds is 5. The number of aryl methyl sites for hydroxylation is 1. The molecule has 5 rings (SSSR count). The van der Waals surface area contributed by atoms with E-state index in [9.17, 15) is 4.79 Å². The number of nitrogens with zero attached hydrogens (tertiary/aromatic N) is 7. The molecule has 0 N–H and O–H groups in total. The third kappa shape index (κ3) is 3.88. The summed E-state index contributed by atoms with van der Waals surface area (Å²) in [6.07, 6.45) is 4.59. The molecule has 2 aromatic heterocycles. The van der Waals surface area contributed by atoms with Crippen LogP contribution in [0.1, 0.15) is 22.6 Å². The van der Waals surface area contributed by atoms with Crippen LogP contribution in [0, 0.1) is 12.8 Å². The molecule has 0 spiro atoms. The summed E-state index contributed by atoms with van der Waals surface area (Å²) in [5, 5.41) is 4.34. The van der Waals surface area contributed by atoms with Gasteiger partial charge in [0.05, 0.1) is 24.4 Å². The van der Waals surface area contributed by atoms with Crippen molar-refractivity contribution in [2.45, 2.75) is 19.4 Å². The summed E-state index contributed by atoms with van der Waals surface area (Å²) >= 11 is 0. The molecule has 172 valence electrons. The summed E-state index contributed by atoms with van der Waals surface area (Å²) < 4.78 is 7.10. The standard InChI is InChI=1S/C24H29N7O2/c1-16-26-22(28(2)3)13-23(27-16)29-11-8-17-14-30(21(17)15-29)24(32)19-7-6-18(33-4)12-20(19)31-10-5-9-25-31/h5-7,9-10,12-13,17,21H,8,11,14-15H2,1-4H3/t17-,21-/m1/s1. The largest absolute Gasteiger partial charge is 0.497 e. The van der Waals surface area contributed by atoms with Gasteiger partial charge in [-0.1, -0.05) is 0 Å². The van der Waals surface area contributed by atoms with E-state index in [4.69, 9.17) is 4.74 Å². The lowest BCUT2D eigenvalue weighted by molar-refractivity contribution is 0.00778. The van der Waals surface area contributed by atoms with Gasteiger partial charge < -0.3 is 19.4 Å². The van der Waals surface area contributed by atoms with Crippen LogP contribution >= 0.6 is 0 Å². The van der Waals surface area contributed by atoms with Crippen LogP contribution in [0.2, 0.25) is 0 Å². The number of amides is 1. The Labute approximate surface area is 193 Å². The Morgan fingerprint density at radius 3 is 2.76 bits per heavy atom. The van der Waals surface area contributed by atoms with Crippen LogP contribution in [-0.2, 0) is 0 Å². The molecule has 2 atom stereocenters. The molecule has 0 bridgehead atoms. The number of likely N-dealkylation sites (tertiary alicyclic amines) is 1. The number of carbonyl (C=O) groups is 1. The van der Waals surface area contributed by atoms with Crippen LogP contribution in [-0.4, -0.2) is 77.4 Å². The average molecular weight is 448 g/mol. The van der Waals surface area contributed by atoms with Crippen LogP contribution in [0.15, 0.2) is 42.7 Å². The van der Waals surface area contributed by atoms with Gasteiger partial charge in [0.1, 0.15) is 23.2 Å². The molecule has 2 aliphatic heterocycles. The van der Waals surface area contributed by atoms with Gasteiger partial charge in [0.25, 0.3) is 5.91 Å². The molecule has 4 heterocycles. The Morgan fingerprint density at radius 1 is 1.18 bits per heavy atom. The first-order chi connectivity index (χ1) is 15.9. The van der Waals surface area contributed by atoms with Gasteiger partial charge in [0.15, 0.2) is 0 Å². The highest BCUT2D eigenvalue weighted by atomic mass is 16.5. The molecular formula is C24H29N7O2. The van der Waals surface area contributed by atoms with Gasteiger partial charge in [0, 0.05) is 64.2 Å². The molecule has 9 heteroatoms. The van der Waals surface area contributed by atoms with E-state index < -0.39 is 0 Å². The molecule has 0 unspecified atom stereocenters. The third-order valence-electron chi connectivity index (χ3n) is 6.59. The molecule has 0 saturated carbocycles. The zero-order chi connectivity index (χ0) is 23.1. The minimum Gasteiger partial charge on any atom is -0.497 e. The molecule has 0 aliphatic carbocycles. The van der Waals surface area contributed by atoms with Crippen molar-refractivity contribution in [1.82, 2.24) is 24.6 Å². The molecule has 0 radical (unpaired) electrons. The fourth-order valence-corrected chi connectivity index (χ4v) is 4.74. The van der Waals surface area contributed by atoms with Gasteiger partial charge in [-0.3, -0.25) is 4.79 Å².